The molecule has 2 aromatic rings. The Labute approximate surface area is 149 Å². The third kappa shape index (κ3) is 3.77. The van der Waals surface area contributed by atoms with E-state index in [9.17, 15) is 14.4 Å². The quantitative estimate of drug-likeness (QED) is 0.882. The smallest absolute Gasteiger partial charge is 0.414 e. The van der Waals surface area contributed by atoms with Crippen molar-refractivity contribution in [3.63, 3.8) is 0 Å². The molecule has 0 spiro atoms. The van der Waals surface area contributed by atoms with Crippen molar-refractivity contribution in [1.82, 2.24) is 15.6 Å². The summed E-state index contributed by atoms with van der Waals surface area (Å²) in [5.74, 6) is -0.967. The highest BCUT2D eigenvalue weighted by Crippen LogP contribution is 2.19. The summed E-state index contributed by atoms with van der Waals surface area (Å²) < 4.78 is 4.69. The van der Waals surface area contributed by atoms with Gasteiger partial charge in [0.25, 0.3) is 11.8 Å². The van der Waals surface area contributed by atoms with Crippen LogP contribution in [0, 0.1) is 0 Å². The summed E-state index contributed by atoms with van der Waals surface area (Å²) in [5.41, 5.74) is 1.79. The number of benzene rings is 1. The third-order valence-corrected chi connectivity index (χ3v) is 3.80. The van der Waals surface area contributed by atoms with Gasteiger partial charge >= 0.3 is 6.09 Å². The molecule has 1 aromatic heterocycles. The molecule has 7 heteroatoms. The van der Waals surface area contributed by atoms with Crippen LogP contribution in [-0.4, -0.2) is 29.5 Å². The first-order valence-corrected chi connectivity index (χ1v) is 8.12. The number of carbonyl (C=O) groups is 3. The Morgan fingerprint density at radius 1 is 1.19 bits per heavy atom. The Kier molecular flexibility index (Phi) is 5.07. The zero-order valence-electron chi connectivity index (χ0n) is 14.1. The van der Waals surface area contributed by atoms with E-state index in [2.05, 4.69) is 20.4 Å². The number of nitrogens with zero attached hydrogens (tertiary/aromatic N) is 1. The molecule has 0 fully saturated rings. The van der Waals surface area contributed by atoms with Crippen molar-refractivity contribution >= 4 is 28.8 Å². The summed E-state index contributed by atoms with van der Waals surface area (Å²) in [6.45, 7) is 1.80. The molecule has 132 valence electrons. The molecule has 26 heavy (non-hydrogen) atoms. The highest BCUT2D eigenvalue weighted by Gasteiger charge is 2.21. The van der Waals surface area contributed by atoms with Crippen LogP contribution in [0.2, 0.25) is 0 Å². The van der Waals surface area contributed by atoms with Crippen LogP contribution < -0.4 is 10.6 Å². The van der Waals surface area contributed by atoms with Crippen molar-refractivity contribution in [2.45, 2.75) is 13.3 Å². The standard InChI is InChI=1S/C19H17N3O4/c1-2-26-19(25)22-18(24)14-6-3-7-15(14)21-17(23)13-9-8-12-5-4-10-20-16(12)11-13/h3-6,8-11H,2,7H2,1H3,(H,21,23)(H,22,24,25). The van der Waals surface area contributed by atoms with Crippen LogP contribution in [0.15, 0.2) is 60.0 Å². The Morgan fingerprint density at radius 2 is 2.04 bits per heavy atom. The van der Waals surface area contributed by atoms with Crippen molar-refractivity contribution in [2.24, 2.45) is 0 Å². The number of amides is 3. The first-order valence-electron chi connectivity index (χ1n) is 8.12. The number of allylic oxidation sites excluding steroid dienone is 1. The van der Waals surface area contributed by atoms with Gasteiger partial charge < -0.3 is 10.1 Å². The number of aromatic nitrogens is 1. The second-order valence-corrected chi connectivity index (χ2v) is 5.54. The fraction of sp³-hybridized carbons (Fsp3) is 0.158. The van der Waals surface area contributed by atoms with Crippen molar-refractivity contribution in [3.05, 3.63) is 65.5 Å². The Hall–Kier alpha value is -3.48. The predicted molar refractivity (Wildman–Crippen MR) is 95.2 cm³/mol. The number of nitrogens with one attached hydrogen (secondary N) is 2. The summed E-state index contributed by atoms with van der Waals surface area (Å²) in [4.78, 5) is 40.3. The molecule has 1 aliphatic rings. The van der Waals surface area contributed by atoms with Gasteiger partial charge in [-0.1, -0.05) is 24.3 Å². The number of pyridine rings is 1. The zero-order valence-corrected chi connectivity index (χ0v) is 14.1. The van der Waals surface area contributed by atoms with E-state index < -0.39 is 12.0 Å². The van der Waals surface area contributed by atoms with Gasteiger partial charge in [0, 0.05) is 29.3 Å². The molecule has 1 aliphatic carbocycles. The molecule has 0 unspecified atom stereocenters. The van der Waals surface area contributed by atoms with Crippen LogP contribution in [0.1, 0.15) is 23.7 Å². The van der Waals surface area contributed by atoms with Gasteiger partial charge in [-0.05, 0) is 25.1 Å². The molecule has 0 atom stereocenters. The number of alkyl carbamates (subject to hydrolysis) is 1. The van der Waals surface area contributed by atoms with Crippen LogP contribution >= 0.6 is 0 Å². The van der Waals surface area contributed by atoms with E-state index in [1.807, 2.05) is 18.2 Å². The molecule has 3 rings (SSSR count). The van der Waals surface area contributed by atoms with Crippen molar-refractivity contribution in [2.75, 3.05) is 6.61 Å². The number of fused-ring (bicyclic) bond motifs is 1. The molecule has 0 radical (unpaired) electrons. The van der Waals surface area contributed by atoms with E-state index in [1.54, 1.807) is 37.4 Å². The minimum absolute atomic E-state index is 0.160. The van der Waals surface area contributed by atoms with E-state index in [0.29, 0.717) is 23.2 Å². The monoisotopic (exact) mass is 351 g/mol. The fourth-order valence-corrected chi connectivity index (χ4v) is 2.58. The maximum absolute atomic E-state index is 12.5. The lowest BCUT2D eigenvalue weighted by Crippen LogP contribution is -2.33. The highest BCUT2D eigenvalue weighted by molar-refractivity contribution is 6.06. The van der Waals surface area contributed by atoms with Crippen molar-refractivity contribution in [1.29, 1.82) is 0 Å². The van der Waals surface area contributed by atoms with Gasteiger partial charge in [0.1, 0.15) is 0 Å². The van der Waals surface area contributed by atoms with Gasteiger partial charge in [0.15, 0.2) is 0 Å². The largest absolute Gasteiger partial charge is 0.450 e. The average Bonchev–Trinajstić information content (AvgIpc) is 3.09. The molecule has 3 amide bonds. The van der Waals surface area contributed by atoms with Crippen LogP contribution in [0.25, 0.3) is 10.9 Å². The molecule has 0 saturated heterocycles. The van der Waals surface area contributed by atoms with Crippen LogP contribution in [0.4, 0.5) is 4.79 Å². The molecule has 0 saturated carbocycles. The molecule has 1 heterocycles. The Morgan fingerprint density at radius 3 is 2.85 bits per heavy atom. The molecule has 2 N–H and O–H groups in total. The molecule has 0 bridgehead atoms. The summed E-state index contributed by atoms with van der Waals surface area (Å²) in [6.07, 6.45) is 4.52. The van der Waals surface area contributed by atoms with E-state index >= 15 is 0 Å². The normalized spacial score (nSPS) is 13.0. The van der Waals surface area contributed by atoms with Crippen molar-refractivity contribution < 1.29 is 19.1 Å². The zero-order chi connectivity index (χ0) is 18.5. The first-order chi connectivity index (χ1) is 12.6. The minimum Gasteiger partial charge on any atom is -0.450 e. The number of hydrogen-bond acceptors (Lipinski definition) is 5. The van der Waals surface area contributed by atoms with E-state index in [1.165, 1.54) is 0 Å². The fourth-order valence-electron chi connectivity index (χ4n) is 2.58. The SMILES string of the molecule is CCOC(=O)NC(=O)C1=C(NC(=O)c2ccc3cccnc3c2)CC=C1. The molecule has 0 aliphatic heterocycles. The Bertz CT molecular complexity index is 947. The van der Waals surface area contributed by atoms with E-state index in [4.69, 9.17) is 0 Å². The number of rotatable bonds is 4. The van der Waals surface area contributed by atoms with Crippen LogP contribution in [0.3, 0.4) is 0 Å². The maximum Gasteiger partial charge on any atom is 0.414 e. The molecular weight excluding hydrogens is 334 g/mol. The molecule has 1 aromatic carbocycles. The van der Waals surface area contributed by atoms with Gasteiger partial charge in [-0.2, -0.15) is 0 Å². The number of hydrogen-bond donors (Lipinski definition) is 2. The highest BCUT2D eigenvalue weighted by atomic mass is 16.5. The first kappa shape index (κ1) is 17.3. The number of ether oxygens (including phenoxy) is 1. The van der Waals surface area contributed by atoms with E-state index in [-0.39, 0.29) is 18.1 Å². The summed E-state index contributed by atoms with van der Waals surface area (Å²) in [5, 5.41) is 5.78. The van der Waals surface area contributed by atoms with Crippen LogP contribution in [0.5, 0.6) is 0 Å². The molecular formula is C19H17N3O4. The van der Waals surface area contributed by atoms with Gasteiger partial charge in [-0.15, -0.1) is 0 Å². The Balaban J connectivity index is 1.76. The van der Waals surface area contributed by atoms with Gasteiger partial charge in [-0.3, -0.25) is 19.9 Å². The third-order valence-electron chi connectivity index (χ3n) is 3.80. The van der Waals surface area contributed by atoms with Crippen molar-refractivity contribution in [3.8, 4) is 0 Å². The topological polar surface area (TPSA) is 97.4 Å². The maximum atomic E-state index is 12.5. The molecule has 7 nitrogen and oxygen atoms in total. The number of carbonyl (C=O) groups excluding carboxylic acids is 3. The van der Waals surface area contributed by atoms with E-state index in [0.717, 1.165) is 5.39 Å². The minimum atomic E-state index is -0.823. The van der Waals surface area contributed by atoms with Gasteiger partial charge in [-0.25, -0.2) is 4.79 Å². The second kappa shape index (κ2) is 7.60. The number of imide groups is 1. The summed E-state index contributed by atoms with van der Waals surface area (Å²) in [7, 11) is 0. The lowest BCUT2D eigenvalue weighted by molar-refractivity contribution is -0.116. The lowest BCUT2D eigenvalue weighted by atomic mass is 10.1. The summed E-state index contributed by atoms with van der Waals surface area (Å²) >= 11 is 0. The summed E-state index contributed by atoms with van der Waals surface area (Å²) in [6, 6.07) is 8.93. The predicted octanol–water partition coefficient (Wildman–Crippen LogP) is 2.45. The lowest BCUT2D eigenvalue weighted by Gasteiger charge is -2.10. The van der Waals surface area contributed by atoms with Crippen LogP contribution in [-0.2, 0) is 9.53 Å². The van der Waals surface area contributed by atoms with Gasteiger partial charge in [0.05, 0.1) is 17.7 Å². The average molecular weight is 351 g/mol. The van der Waals surface area contributed by atoms with Gasteiger partial charge in [0.2, 0.25) is 0 Å². The second-order valence-electron chi connectivity index (χ2n) is 5.54.